The van der Waals surface area contributed by atoms with Crippen LogP contribution in [0.15, 0.2) is 6.20 Å². The van der Waals surface area contributed by atoms with E-state index in [0.717, 1.165) is 47.2 Å². The lowest BCUT2D eigenvalue weighted by molar-refractivity contribution is 0.0514. The van der Waals surface area contributed by atoms with Gasteiger partial charge in [-0.2, -0.15) is 17.6 Å². The van der Waals surface area contributed by atoms with Crippen LogP contribution >= 0.6 is 0 Å². The standard InChI is InChI=1S/C14H23N3O5S2/c1-16-8-10(9-22-24(3,20)21)4-11-5-14-12(6-13(11)16)7-15-17(14)23(2,18)19/h7,10-11,13H,4-6,8-9H2,1-3H3/t10-,11-,13?/m1/s1. The lowest BCUT2D eigenvalue weighted by Crippen LogP contribution is -2.51. The molecule has 0 spiro atoms. The van der Waals surface area contributed by atoms with Gasteiger partial charge >= 0.3 is 0 Å². The molecule has 0 aromatic carbocycles. The van der Waals surface area contributed by atoms with Crippen molar-refractivity contribution >= 4 is 20.1 Å². The molecule has 10 heteroatoms. The summed E-state index contributed by atoms with van der Waals surface area (Å²) in [4.78, 5) is 2.23. The van der Waals surface area contributed by atoms with Gasteiger partial charge in [-0.25, -0.2) is 8.42 Å². The summed E-state index contributed by atoms with van der Waals surface area (Å²) in [5.74, 6) is 0.378. The van der Waals surface area contributed by atoms with Crippen LogP contribution in [0.5, 0.6) is 0 Å². The van der Waals surface area contributed by atoms with E-state index in [0.29, 0.717) is 12.5 Å². The van der Waals surface area contributed by atoms with Crippen molar-refractivity contribution in [3.8, 4) is 0 Å². The van der Waals surface area contributed by atoms with Crippen LogP contribution in [0.1, 0.15) is 17.7 Å². The Labute approximate surface area is 143 Å². The maximum atomic E-state index is 11.9. The number of nitrogens with zero attached hydrogens (tertiary/aromatic N) is 3. The Kier molecular flexibility index (Phi) is 4.52. The maximum Gasteiger partial charge on any atom is 0.264 e. The Morgan fingerprint density at radius 3 is 2.58 bits per heavy atom. The Balaban J connectivity index is 1.79. The summed E-state index contributed by atoms with van der Waals surface area (Å²) < 4.78 is 52.3. The van der Waals surface area contributed by atoms with E-state index in [1.807, 2.05) is 7.05 Å². The summed E-state index contributed by atoms with van der Waals surface area (Å²) in [5, 5.41) is 4.05. The zero-order valence-corrected chi connectivity index (χ0v) is 15.7. The van der Waals surface area contributed by atoms with Crippen molar-refractivity contribution in [1.82, 2.24) is 14.1 Å². The second kappa shape index (κ2) is 6.08. The molecule has 24 heavy (non-hydrogen) atoms. The molecule has 1 aromatic rings. The van der Waals surface area contributed by atoms with Gasteiger partial charge in [-0.15, -0.1) is 0 Å². The molecule has 1 unspecified atom stereocenters. The summed E-state index contributed by atoms with van der Waals surface area (Å²) in [6.07, 6.45) is 6.08. The molecule has 3 atom stereocenters. The third-order valence-corrected chi connectivity index (χ3v) is 6.44. The Hall–Kier alpha value is -0.970. The lowest BCUT2D eigenvalue weighted by atomic mass is 9.75. The van der Waals surface area contributed by atoms with Gasteiger partial charge < -0.3 is 4.90 Å². The van der Waals surface area contributed by atoms with Gasteiger partial charge in [-0.3, -0.25) is 4.18 Å². The van der Waals surface area contributed by atoms with Crippen LogP contribution in [0.3, 0.4) is 0 Å². The van der Waals surface area contributed by atoms with Gasteiger partial charge in [-0.05, 0) is 43.7 Å². The fraction of sp³-hybridized carbons (Fsp3) is 0.786. The molecular formula is C14H23N3O5S2. The monoisotopic (exact) mass is 377 g/mol. The third kappa shape index (κ3) is 3.66. The van der Waals surface area contributed by atoms with Gasteiger partial charge in [0.25, 0.3) is 20.1 Å². The van der Waals surface area contributed by atoms with E-state index in [2.05, 4.69) is 10.00 Å². The summed E-state index contributed by atoms with van der Waals surface area (Å²) in [6.45, 7) is 0.941. The molecule has 0 saturated carbocycles. The molecule has 1 fully saturated rings. The topological polar surface area (TPSA) is 98.6 Å². The minimum Gasteiger partial charge on any atom is -0.302 e. The zero-order valence-electron chi connectivity index (χ0n) is 14.0. The van der Waals surface area contributed by atoms with Gasteiger partial charge in [0, 0.05) is 12.6 Å². The first-order valence-electron chi connectivity index (χ1n) is 7.85. The number of likely N-dealkylation sites (N-methyl/N-ethyl adjacent to an activating group) is 1. The average molecular weight is 377 g/mol. The molecule has 1 aliphatic heterocycles. The first kappa shape index (κ1) is 17.8. The van der Waals surface area contributed by atoms with E-state index in [4.69, 9.17) is 4.18 Å². The van der Waals surface area contributed by atoms with E-state index in [-0.39, 0.29) is 18.4 Å². The SMILES string of the molecule is CN1C[C@H](COS(C)(=O)=O)C[C@@H]2Cc3c(cnn3S(C)(=O)=O)CC21. The van der Waals surface area contributed by atoms with Crippen LogP contribution in [0, 0.1) is 11.8 Å². The van der Waals surface area contributed by atoms with Gasteiger partial charge in [0.15, 0.2) is 0 Å². The van der Waals surface area contributed by atoms with Crippen molar-refractivity contribution in [1.29, 1.82) is 0 Å². The van der Waals surface area contributed by atoms with Gasteiger partial charge in [0.05, 0.1) is 31.0 Å². The summed E-state index contributed by atoms with van der Waals surface area (Å²) in [6, 6.07) is 0.323. The van der Waals surface area contributed by atoms with Crippen LogP contribution < -0.4 is 0 Å². The number of piperidine rings is 1. The van der Waals surface area contributed by atoms with Crippen LogP contribution in [0.4, 0.5) is 0 Å². The van der Waals surface area contributed by atoms with E-state index >= 15 is 0 Å². The largest absolute Gasteiger partial charge is 0.302 e. The molecule has 1 aromatic heterocycles. The van der Waals surface area contributed by atoms with Crippen molar-refractivity contribution in [2.75, 3.05) is 32.7 Å². The zero-order chi connectivity index (χ0) is 17.7. The van der Waals surface area contributed by atoms with Crippen LogP contribution in [0.2, 0.25) is 0 Å². The number of fused-ring (bicyclic) bond motifs is 2. The molecule has 0 amide bonds. The van der Waals surface area contributed by atoms with Crippen LogP contribution in [0.25, 0.3) is 0 Å². The average Bonchev–Trinajstić information content (AvgIpc) is 2.85. The minimum atomic E-state index is -3.45. The first-order valence-corrected chi connectivity index (χ1v) is 11.5. The van der Waals surface area contributed by atoms with Crippen LogP contribution in [-0.2, 0) is 37.2 Å². The highest BCUT2D eigenvalue weighted by Gasteiger charge is 2.40. The number of aromatic nitrogens is 2. The molecule has 2 heterocycles. The highest BCUT2D eigenvalue weighted by atomic mass is 32.2. The quantitative estimate of drug-likeness (QED) is 0.665. The predicted molar refractivity (Wildman–Crippen MR) is 88.7 cm³/mol. The van der Waals surface area contributed by atoms with Crippen molar-refractivity contribution in [3.05, 3.63) is 17.5 Å². The van der Waals surface area contributed by atoms with Crippen molar-refractivity contribution < 1.29 is 21.0 Å². The Morgan fingerprint density at radius 2 is 1.96 bits per heavy atom. The minimum absolute atomic E-state index is 0.113. The summed E-state index contributed by atoms with van der Waals surface area (Å²) in [5.41, 5.74) is 1.75. The predicted octanol–water partition coefficient (Wildman–Crippen LogP) is -0.298. The molecule has 1 saturated heterocycles. The number of likely N-dealkylation sites (tertiary alicyclic amines) is 1. The molecule has 1 aliphatic carbocycles. The molecule has 136 valence electrons. The molecule has 0 bridgehead atoms. The molecule has 2 aliphatic rings. The van der Waals surface area contributed by atoms with E-state index < -0.39 is 20.1 Å². The number of hydrogen-bond acceptors (Lipinski definition) is 7. The molecule has 0 radical (unpaired) electrons. The summed E-state index contributed by atoms with van der Waals surface area (Å²) >= 11 is 0. The van der Waals surface area contributed by atoms with Gasteiger partial charge in [0.2, 0.25) is 0 Å². The Bertz CT molecular complexity index is 831. The smallest absolute Gasteiger partial charge is 0.264 e. The number of rotatable bonds is 4. The summed E-state index contributed by atoms with van der Waals surface area (Å²) in [7, 11) is -4.83. The lowest BCUT2D eigenvalue weighted by Gasteiger charge is -2.45. The fourth-order valence-corrected chi connectivity index (χ4v) is 5.22. The fourth-order valence-electron chi connectivity index (χ4n) is 3.97. The molecule has 3 rings (SSSR count). The molecule has 0 N–H and O–H groups in total. The van der Waals surface area contributed by atoms with E-state index in [9.17, 15) is 16.8 Å². The Morgan fingerprint density at radius 1 is 1.25 bits per heavy atom. The third-order valence-electron chi connectivity index (χ3n) is 4.93. The highest BCUT2D eigenvalue weighted by molar-refractivity contribution is 7.89. The molecule has 8 nitrogen and oxygen atoms in total. The van der Waals surface area contributed by atoms with Gasteiger partial charge in [-0.1, -0.05) is 0 Å². The highest BCUT2D eigenvalue weighted by Crippen LogP contribution is 2.36. The van der Waals surface area contributed by atoms with Crippen molar-refractivity contribution in [2.24, 2.45) is 11.8 Å². The second-order valence-electron chi connectivity index (χ2n) is 6.99. The molecular weight excluding hydrogens is 354 g/mol. The van der Waals surface area contributed by atoms with Crippen LogP contribution in [-0.4, -0.2) is 69.7 Å². The second-order valence-corrected chi connectivity index (χ2v) is 10.4. The van der Waals surface area contributed by atoms with E-state index in [1.165, 1.54) is 0 Å². The first-order chi connectivity index (χ1) is 11.0. The normalized spacial score (nSPS) is 28.4. The van der Waals surface area contributed by atoms with Crippen molar-refractivity contribution in [2.45, 2.75) is 25.3 Å². The van der Waals surface area contributed by atoms with E-state index in [1.54, 1.807) is 6.20 Å². The van der Waals surface area contributed by atoms with Gasteiger partial charge in [0.1, 0.15) is 0 Å². The van der Waals surface area contributed by atoms with Crippen molar-refractivity contribution in [3.63, 3.8) is 0 Å². The number of hydrogen-bond donors (Lipinski definition) is 0. The maximum absolute atomic E-state index is 11.9.